The number of cyclic esters (lactones) is 1. The van der Waals surface area contributed by atoms with Gasteiger partial charge in [0, 0.05) is 56.7 Å². The second-order valence-corrected chi connectivity index (χ2v) is 23.4. The van der Waals surface area contributed by atoms with Crippen molar-refractivity contribution in [2.45, 2.75) is 181 Å². The normalized spacial score (nSPS) is 36.0. The first-order chi connectivity index (χ1) is 35.6. The maximum atomic E-state index is 15.0. The maximum absolute atomic E-state index is 15.0. The van der Waals surface area contributed by atoms with Crippen molar-refractivity contribution in [2.75, 3.05) is 51.9 Å². The topological polar surface area (TPSA) is 288 Å². The predicted molar refractivity (Wildman–Crippen MR) is 281 cm³/mol. The Morgan fingerprint density at radius 3 is 2.24 bits per heavy atom. The Kier molecular flexibility index (Phi) is 22.2. The molecule has 2 aromatic rings. The molecule has 3 fully saturated rings. The average molecular weight is 1100 g/mol. The lowest BCUT2D eigenvalue weighted by atomic mass is 9.75. The molecule has 432 valence electrons. The Morgan fingerprint density at radius 2 is 1.63 bits per heavy atom. The number of carbonyl (C=O) groups excluding carboxylic acids is 1. The third-order valence-corrected chi connectivity index (χ3v) is 16.7. The van der Waals surface area contributed by atoms with Crippen molar-refractivity contribution in [2.24, 2.45) is 40.7 Å². The van der Waals surface area contributed by atoms with Crippen LogP contribution in [0.5, 0.6) is 0 Å². The first-order valence-corrected chi connectivity index (χ1v) is 28.2. The van der Waals surface area contributed by atoms with Gasteiger partial charge in [0.2, 0.25) is 5.43 Å². The number of nitrogens with zero attached hydrogens (tertiary/aromatic N) is 4. The number of nitrogens with one attached hydrogen (secondary N) is 2. The van der Waals surface area contributed by atoms with Gasteiger partial charge in [-0.3, -0.25) is 13.8 Å². The number of oxime groups is 1. The summed E-state index contributed by atoms with van der Waals surface area (Å²) in [6.07, 6.45) is -6.93. The van der Waals surface area contributed by atoms with E-state index in [0.29, 0.717) is 18.6 Å². The minimum atomic E-state index is -4.14. The fraction of sp³-hybridized carbons (Fsp3) is 0.788. The van der Waals surface area contributed by atoms with Crippen LogP contribution in [0.2, 0.25) is 0 Å². The number of likely N-dealkylation sites (N-methyl/N-ethyl adjacent to an activating group) is 1. The van der Waals surface area contributed by atoms with Crippen molar-refractivity contribution < 1.29 is 75.5 Å². The largest absolute Gasteiger partial charge is 0.477 e. The molecule has 0 aromatic carbocycles. The van der Waals surface area contributed by atoms with Crippen LogP contribution in [0.1, 0.15) is 112 Å². The number of aliphatic hydroxyl groups excluding tert-OH is 2. The molecule has 5 heterocycles. The number of ether oxygens (including phenoxy) is 5. The van der Waals surface area contributed by atoms with E-state index in [0.717, 1.165) is 12.3 Å². The highest BCUT2D eigenvalue weighted by Crippen LogP contribution is 2.39. The van der Waals surface area contributed by atoms with E-state index >= 15 is 4.39 Å². The van der Waals surface area contributed by atoms with E-state index in [4.69, 9.17) is 32.7 Å². The first-order valence-electron chi connectivity index (χ1n) is 26.6. The number of esters is 1. The number of carbonyl (C=O) groups is 2. The molecule has 0 radical (unpaired) electrons. The summed E-state index contributed by atoms with van der Waals surface area (Å²) in [6, 6.07) is 0.660. The molecular formula is C52H85FN6O16S. The summed E-state index contributed by atoms with van der Waals surface area (Å²) in [5, 5.41) is 54.9. The van der Waals surface area contributed by atoms with Crippen molar-refractivity contribution in [1.82, 2.24) is 19.8 Å². The Balaban J connectivity index is 1.32. The number of rotatable bonds is 18. The molecule has 5 rings (SSSR count). The molecule has 3 unspecified atom stereocenters. The smallest absolute Gasteiger partial charge is 0.341 e. The second kappa shape index (κ2) is 26.8. The fourth-order valence-electron chi connectivity index (χ4n) is 11.2. The fourth-order valence-corrected chi connectivity index (χ4v) is 12.4. The van der Waals surface area contributed by atoms with Crippen LogP contribution in [0.4, 0.5) is 10.2 Å². The van der Waals surface area contributed by atoms with E-state index in [2.05, 4.69) is 20.8 Å². The van der Waals surface area contributed by atoms with E-state index in [1.54, 1.807) is 34.6 Å². The van der Waals surface area contributed by atoms with E-state index in [-0.39, 0.29) is 79.9 Å². The van der Waals surface area contributed by atoms with Crippen LogP contribution < -0.4 is 16.1 Å². The lowest BCUT2D eigenvalue weighted by molar-refractivity contribution is -0.295. The van der Waals surface area contributed by atoms with Crippen LogP contribution in [0.15, 0.2) is 22.2 Å². The third kappa shape index (κ3) is 14.8. The standard InChI is InChI=1S/C52H85FN6O16S/c1-15-38-52(11,66)46(62)30(7)40(57-69-14)26(3)21-27(4)43(74-51-42(61)37(58(12)13)23-29(6)70-51)31(8)45(32(9)50(65)72-38)73-39-22-28(5)44(33(10)71-39)75-76(67,68)20-19-54-17-18-55-47-36(53)24-34-41(60)35(49(63)64)25-59(16-2)48(34)56-47/h24-33,37-39,42-46,51,54,61-62,66H,15-23H2,1-14H3,(H,55,56)(H,63,64)/b57-40+/t26-,27?,28?,29-,30+,31-,32-,33+,37+,38-,39+,42-,43?,44-,45+,46-,51+,52-/m1/s1. The maximum Gasteiger partial charge on any atom is 0.341 e. The zero-order valence-electron chi connectivity index (χ0n) is 46.6. The number of aliphatic hydroxyl groups is 3. The molecular weight excluding hydrogens is 1020 g/mol. The van der Waals surface area contributed by atoms with Crippen LogP contribution >= 0.6 is 0 Å². The Hall–Kier alpha value is -3.95. The summed E-state index contributed by atoms with van der Waals surface area (Å²) in [5.74, 6) is -7.09. The number of pyridine rings is 2. The van der Waals surface area contributed by atoms with Gasteiger partial charge in [0.15, 0.2) is 24.2 Å². The number of aryl methyl sites for hydroxylation is 1. The molecule has 0 bridgehead atoms. The molecule has 0 amide bonds. The van der Waals surface area contributed by atoms with Gasteiger partial charge in [-0.1, -0.05) is 46.7 Å². The number of carboxylic acid groups (broad SMARTS) is 1. The SMILES string of the molecule is CC[C@H]1OC(=O)[C@H](C)[C@@H](O[C@H]2CC(C)[C@@H](OS(=O)(=O)CCNCCNc3nc4c(cc3F)c(=O)c(C(=O)O)cn4CC)[C@H](C)O2)[C@H](C)C(O[C@@H]2O[C@H](C)C[C@H](N(C)C)[C@H]2O)C(C)C[C@@H](C)/C(=N\OC)[C@H](C)[C@@H](O)[C@]1(C)O. The molecule has 3 saturated heterocycles. The molecule has 0 spiro atoms. The van der Waals surface area contributed by atoms with Crippen LogP contribution in [0.3, 0.4) is 0 Å². The van der Waals surface area contributed by atoms with Crippen molar-refractivity contribution in [3.63, 3.8) is 0 Å². The molecule has 3 aliphatic heterocycles. The zero-order valence-corrected chi connectivity index (χ0v) is 47.4. The summed E-state index contributed by atoms with van der Waals surface area (Å²) in [7, 11) is 1.03. The molecule has 24 heteroatoms. The lowest BCUT2D eigenvalue weighted by Crippen LogP contribution is -2.58. The van der Waals surface area contributed by atoms with Gasteiger partial charge in [0.05, 0.1) is 53.3 Å². The summed E-state index contributed by atoms with van der Waals surface area (Å²) < 4.78 is 81.7. The molecule has 6 N–H and O–H groups in total. The number of anilines is 1. The molecule has 0 aliphatic carbocycles. The Bertz CT molecular complexity index is 2470. The van der Waals surface area contributed by atoms with E-state index < -0.39 is 129 Å². The lowest BCUT2D eigenvalue weighted by Gasteiger charge is -2.46. The summed E-state index contributed by atoms with van der Waals surface area (Å²) in [6.45, 7) is 20.1. The molecule has 2 aromatic heterocycles. The van der Waals surface area contributed by atoms with Gasteiger partial charge < -0.3 is 69.0 Å². The van der Waals surface area contributed by atoms with Gasteiger partial charge in [-0.15, -0.1) is 0 Å². The number of carboxylic acids is 1. The van der Waals surface area contributed by atoms with Crippen LogP contribution in [-0.2, 0) is 54.2 Å². The van der Waals surface area contributed by atoms with Gasteiger partial charge in [0.25, 0.3) is 10.1 Å². The van der Waals surface area contributed by atoms with Crippen LogP contribution in [0.25, 0.3) is 11.0 Å². The van der Waals surface area contributed by atoms with Crippen molar-refractivity contribution >= 4 is 44.6 Å². The van der Waals surface area contributed by atoms with Crippen molar-refractivity contribution in [3.05, 3.63) is 33.9 Å². The number of hydrogen-bond donors (Lipinski definition) is 6. The van der Waals surface area contributed by atoms with E-state index in [9.17, 15) is 43.2 Å². The van der Waals surface area contributed by atoms with Crippen molar-refractivity contribution in [1.29, 1.82) is 0 Å². The predicted octanol–water partition coefficient (Wildman–Crippen LogP) is 3.96. The number of aromatic nitrogens is 2. The minimum Gasteiger partial charge on any atom is -0.477 e. The highest BCUT2D eigenvalue weighted by Gasteiger charge is 2.50. The molecule has 22 nitrogen and oxygen atoms in total. The number of aromatic carboxylic acids is 1. The highest BCUT2D eigenvalue weighted by molar-refractivity contribution is 7.86. The summed E-state index contributed by atoms with van der Waals surface area (Å²) in [4.78, 5) is 50.2. The van der Waals surface area contributed by atoms with E-state index in [1.807, 2.05) is 53.6 Å². The van der Waals surface area contributed by atoms with Gasteiger partial charge >= 0.3 is 11.9 Å². The quantitative estimate of drug-likeness (QED) is 0.0533. The molecule has 18 atom stereocenters. The Labute approximate surface area is 446 Å². The van der Waals surface area contributed by atoms with E-state index in [1.165, 1.54) is 18.6 Å². The second-order valence-electron chi connectivity index (χ2n) is 21.7. The highest BCUT2D eigenvalue weighted by atomic mass is 32.2. The van der Waals surface area contributed by atoms with Gasteiger partial charge in [-0.05, 0) is 91.8 Å². The van der Waals surface area contributed by atoms with Gasteiger partial charge in [-0.2, -0.15) is 8.42 Å². The van der Waals surface area contributed by atoms with Crippen molar-refractivity contribution in [3.8, 4) is 0 Å². The first kappa shape index (κ1) is 62.9. The number of fused-ring (bicyclic) bond motifs is 1. The third-order valence-electron chi connectivity index (χ3n) is 15.5. The molecule has 0 saturated carbocycles. The average Bonchev–Trinajstić information content (AvgIpc) is 3.35. The molecule has 76 heavy (non-hydrogen) atoms. The zero-order chi connectivity index (χ0) is 56.7. The summed E-state index contributed by atoms with van der Waals surface area (Å²) >= 11 is 0. The Morgan fingerprint density at radius 1 is 0.961 bits per heavy atom. The number of hydrogen-bond acceptors (Lipinski definition) is 20. The monoisotopic (exact) mass is 1100 g/mol. The van der Waals surface area contributed by atoms with Crippen LogP contribution in [0, 0.1) is 41.3 Å². The summed E-state index contributed by atoms with van der Waals surface area (Å²) in [5.41, 5.74) is -2.68. The molecule has 3 aliphatic rings. The number of halogens is 1. The van der Waals surface area contributed by atoms with Gasteiger partial charge in [-0.25, -0.2) is 14.2 Å². The minimum absolute atomic E-state index is 0.0223. The van der Waals surface area contributed by atoms with Crippen LogP contribution in [-0.4, -0.2) is 181 Å². The van der Waals surface area contributed by atoms with Gasteiger partial charge in [0.1, 0.15) is 42.2 Å².